The number of hydrogen-bond acceptors (Lipinski definition) is 4. The first-order valence-electron chi connectivity index (χ1n) is 8.10. The van der Waals surface area contributed by atoms with E-state index in [2.05, 4.69) is 41.1 Å². The number of thiazole rings is 1. The fraction of sp³-hybridized carbons (Fsp3) is 0.750. The summed E-state index contributed by atoms with van der Waals surface area (Å²) in [5.74, 6) is 1.74. The zero-order valence-corrected chi connectivity index (χ0v) is 17.7. The lowest BCUT2D eigenvalue weighted by Gasteiger charge is -2.21. The third kappa shape index (κ3) is 7.34. The minimum Gasteiger partial charge on any atom is -0.379 e. The van der Waals surface area contributed by atoms with E-state index in [0.717, 1.165) is 48.9 Å². The zero-order valence-electron chi connectivity index (χ0n) is 14.6. The second kappa shape index (κ2) is 10.5. The molecule has 0 aromatic carbocycles. The third-order valence-electron chi connectivity index (χ3n) is 3.75. The van der Waals surface area contributed by atoms with Crippen molar-refractivity contribution in [3.05, 3.63) is 15.6 Å². The quantitative estimate of drug-likeness (QED) is 0.285. The number of nitrogens with zero attached hydrogens (tertiary/aromatic N) is 3. The van der Waals surface area contributed by atoms with Crippen molar-refractivity contribution in [3.63, 3.8) is 0 Å². The summed E-state index contributed by atoms with van der Waals surface area (Å²) in [5.41, 5.74) is 1.11. The van der Waals surface area contributed by atoms with Crippen molar-refractivity contribution in [3.8, 4) is 0 Å². The van der Waals surface area contributed by atoms with Gasteiger partial charge in [-0.15, -0.1) is 35.3 Å². The zero-order chi connectivity index (χ0) is 15.9. The monoisotopic (exact) mass is 452 g/mol. The van der Waals surface area contributed by atoms with Crippen LogP contribution >= 0.6 is 35.3 Å². The van der Waals surface area contributed by atoms with Gasteiger partial charge in [0.15, 0.2) is 5.96 Å². The molecule has 23 heavy (non-hydrogen) atoms. The molecule has 0 radical (unpaired) electrons. The SMILES string of the molecule is CCNC(=NCc1nc(C)c(C)s1)N(C)CCOCC1CC1.I. The van der Waals surface area contributed by atoms with Crippen molar-refractivity contribution in [1.82, 2.24) is 15.2 Å². The van der Waals surface area contributed by atoms with Gasteiger partial charge in [0.1, 0.15) is 5.01 Å². The topological polar surface area (TPSA) is 49.8 Å². The highest BCUT2D eigenvalue weighted by molar-refractivity contribution is 14.0. The summed E-state index contributed by atoms with van der Waals surface area (Å²) in [4.78, 5) is 12.6. The van der Waals surface area contributed by atoms with Crippen LogP contribution in [0.15, 0.2) is 4.99 Å². The molecule has 1 N–H and O–H groups in total. The molecule has 1 fully saturated rings. The fourth-order valence-electron chi connectivity index (χ4n) is 2.06. The molecule has 0 spiro atoms. The molecule has 7 heteroatoms. The number of likely N-dealkylation sites (N-methyl/N-ethyl adjacent to an activating group) is 1. The average Bonchev–Trinajstić information content (AvgIpc) is 3.25. The van der Waals surface area contributed by atoms with Crippen LogP contribution in [-0.2, 0) is 11.3 Å². The summed E-state index contributed by atoms with van der Waals surface area (Å²) in [6.07, 6.45) is 2.68. The van der Waals surface area contributed by atoms with Gasteiger partial charge in [-0.3, -0.25) is 0 Å². The van der Waals surface area contributed by atoms with E-state index >= 15 is 0 Å². The minimum absolute atomic E-state index is 0. The Morgan fingerprint density at radius 1 is 1.43 bits per heavy atom. The van der Waals surface area contributed by atoms with Crippen LogP contribution in [0, 0.1) is 19.8 Å². The molecular weight excluding hydrogens is 423 g/mol. The molecule has 1 aliphatic carbocycles. The van der Waals surface area contributed by atoms with E-state index in [1.807, 2.05) is 6.92 Å². The van der Waals surface area contributed by atoms with Crippen LogP contribution in [0.3, 0.4) is 0 Å². The molecule has 132 valence electrons. The molecule has 1 aromatic rings. The molecule has 0 amide bonds. The summed E-state index contributed by atoms with van der Waals surface area (Å²) in [6.45, 7) is 10.3. The van der Waals surface area contributed by atoms with E-state index in [1.54, 1.807) is 11.3 Å². The summed E-state index contributed by atoms with van der Waals surface area (Å²) in [7, 11) is 2.06. The highest BCUT2D eigenvalue weighted by Gasteiger charge is 2.21. The Morgan fingerprint density at radius 3 is 2.74 bits per heavy atom. The van der Waals surface area contributed by atoms with Gasteiger partial charge < -0.3 is 15.0 Å². The normalized spacial score (nSPS) is 14.5. The molecule has 1 aromatic heterocycles. The highest BCUT2D eigenvalue weighted by atomic mass is 127. The first-order chi connectivity index (χ1) is 10.6. The average molecular weight is 452 g/mol. The summed E-state index contributed by atoms with van der Waals surface area (Å²) >= 11 is 1.73. The Hall–Kier alpha value is -0.410. The summed E-state index contributed by atoms with van der Waals surface area (Å²) < 4.78 is 5.70. The predicted molar refractivity (Wildman–Crippen MR) is 108 cm³/mol. The van der Waals surface area contributed by atoms with E-state index in [1.165, 1.54) is 17.7 Å². The Balaban J connectivity index is 0.00000264. The molecule has 2 rings (SSSR count). The molecule has 0 unspecified atom stereocenters. The maximum Gasteiger partial charge on any atom is 0.194 e. The van der Waals surface area contributed by atoms with Crippen molar-refractivity contribution >= 4 is 41.3 Å². The van der Waals surface area contributed by atoms with Gasteiger partial charge in [0.05, 0.1) is 18.8 Å². The van der Waals surface area contributed by atoms with Crippen LogP contribution in [0.4, 0.5) is 0 Å². The van der Waals surface area contributed by atoms with E-state index in [0.29, 0.717) is 6.54 Å². The number of rotatable bonds is 8. The van der Waals surface area contributed by atoms with Gasteiger partial charge >= 0.3 is 0 Å². The van der Waals surface area contributed by atoms with Gasteiger partial charge in [0.25, 0.3) is 0 Å². The molecular formula is C16H29IN4OS. The van der Waals surface area contributed by atoms with Gasteiger partial charge in [-0.2, -0.15) is 0 Å². The van der Waals surface area contributed by atoms with Crippen molar-refractivity contribution < 1.29 is 4.74 Å². The van der Waals surface area contributed by atoms with Crippen LogP contribution in [0.1, 0.15) is 35.3 Å². The van der Waals surface area contributed by atoms with Crippen LogP contribution in [0.25, 0.3) is 0 Å². The van der Waals surface area contributed by atoms with Gasteiger partial charge in [0, 0.05) is 31.6 Å². The largest absolute Gasteiger partial charge is 0.379 e. The van der Waals surface area contributed by atoms with Crippen molar-refractivity contribution in [1.29, 1.82) is 0 Å². The third-order valence-corrected chi connectivity index (χ3v) is 4.81. The van der Waals surface area contributed by atoms with Crippen LogP contribution < -0.4 is 5.32 Å². The van der Waals surface area contributed by atoms with Gasteiger partial charge in [-0.05, 0) is 39.5 Å². The fourth-order valence-corrected chi connectivity index (χ4v) is 2.92. The molecule has 5 nitrogen and oxygen atoms in total. The Labute approximate surface area is 160 Å². The Kier molecular flexibility index (Phi) is 9.38. The maximum atomic E-state index is 5.70. The van der Waals surface area contributed by atoms with Crippen molar-refractivity contribution in [2.24, 2.45) is 10.9 Å². The minimum atomic E-state index is 0. The predicted octanol–water partition coefficient (Wildman–Crippen LogP) is 3.20. The first-order valence-corrected chi connectivity index (χ1v) is 8.92. The first kappa shape index (κ1) is 20.6. The number of aromatic nitrogens is 1. The smallest absolute Gasteiger partial charge is 0.194 e. The summed E-state index contributed by atoms with van der Waals surface area (Å²) in [6, 6.07) is 0. The Bertz CT molecular complexity index is 483. The second-order valence-electron chi connectivity index (χ2n) is 5.86. The van der Waals surface area contributed by atoms with Crippen molar-refractivity contribution in [2.75, 3.05) is 33.4 Å². The molecule has 1 aliphatic rings. The molecule has 0 saturated heterocycles. The number of hydrogen-bond donors (Lipinski definition) is 1. The van der Waals surface area contributed by atoms with E-state index < -0.39 is 0 Å². The van der Waals surface area contributed by atoms with Crippen LogP contribution in [0.5, 0.6) is 0 Å². The maximum absolute atomic E-state index is 5.70. The van der Waals surface area contributed by atoms with E-state index in [9.17, 15) is 0 Å². The van der Waals surface area contributed by atoms with Gasteiger partial charge in [-0.1, -0.05) is 0 Å². The van der Waals surface area contributed by atoms with Gasteiger partial charge in [0.2, 0.25) is 0 Å². The molecule has 0 aliphatic heterocycles. The lowest BCUT2D eigenvalue weighted by molar-refractivity contribution is 0.115. The number of ether oxygens (including phenoxy) is 1. The number of aryl methyl sites for hydroxylation is 2. The van der Waals surface area contributed by atoms with Crippen molar-refractivity contribution in [2.45, 2.75) is 40.2 Å². The Morgan fingerprint density at radius 2 is 2.17 bits per heavy atom. The second-order valence-corrected chi connectivity index (χ2v) is 7.15. The van der Waals surface area contributed by atoms with Crippen LogP contribution in [0.2, 0.25) is 0 Å². The molecule has 0 atom stereocenters. The molecule has 0 bridgehead atoms. The lowest BCUT2D eigenvalue weighted by atomic mass is 10.4. The number of halogens is 1. The summed E-state index contributed by atoms with van der Waals surface area (Å²) in [5, 5.41) is 4.41. The van der Waals surface area contributed by atoms with E-state index in [4.69, 9.17) is 4.74 Å². The molecule has 1 heterocycles. The number of guanidine groups is 1. The lowest BCUT2D eigenvalue weighted by Crippen LogP contribution is -2.40. The van der Waals surface area contributed by atoms with Crippen LogP contribution in [-0.4, -0.2) is 49.2 Å². The highest BCUT2D eigenvalue weighted by Crippen LogP contribution is 2.28. The van der Waals surface area contributed by atoms with E-state index in [-0.39, 0.29) is 24.0 Å². The number of nitrogens with one attached hydrogen (secondary N) is 1. The molecule has 1 saturated carbocycles. The van der Waals surface area contributed by atoms with Gasteiger partial charge in [-0.25, -0.2) is 9.98 Å². The standard InChI is InChI=1S/C16H28N4OS.HI/c1-5-17-16(18-10-15-19-12(2)13(3)22-15)20(4)8-9-21-11-14-6-7-14;/h14H,5-11H2,1-4H3,(H,17,18);1H. The number of aliphatic imine (C=N–C) groups is 1.